The first-order valence-corrected chi connectivity index (χ1v) is 13.9. The molecule has 39 heavy (non-hydrogen) atoms. The number of aromatic nitrogens is 2. The third kappa shape index (κ3) is 5.22. The zero-order valence-corrected chi connectivity index (χ0v) is 23.5. The average Bonchev–Trinajstić information content (AvgIpc) is 3.62. The van der Waals surface area contributed by atoms with Gasteiger partial charge in [0.15, 0.2) is 27.4 Å². The summed E-state index contributed by atoms with van der Waals surface area (Å²) in [5.74, 6) is -1.29. The molecule has 0 fully saturated rings. The summed E-state index contributed by atoms with van der Waals surface area (Å²) >= 11 is 14.7. The highest BCUT2D eigenvalue weighted by Gasteiger charge is 2.47. The van der Waals surface area contributed by atoms with Crippen LogP contribution in [0.4, 0.5) is 5.13 Å². The molecule has 4 aromatic rings. The Morgan fingerprint density at radius 2 is 1.95 bits per heavy atom. The number of aryl methyl sites for hydroxylation is 1. The topological polar surface area (TPSA) is 126 Å². The summed E-state index contributed by atoms with van der Waals surface area (Å²) < 4.78 is 11.3. The van der Waals surface area contributed by atoms with Crippen LogP contribution >= 0.6 is 46.3 Å². The third-order valence-electron chi connectivity index (χ3n) is 5.90. The molecule has 1 atom stereocenters. The van der Waals surface area contributed by atoms with Gasteiger partial charge >= 0.3 is 0 Å². The molecular weight excluding hydrogens is 585 g/mol. The second-order valence-electron chi connectivity index (χ2n) is 8.39. The van der Waals surface area contributed by atoms with Crippen molar-refractivity contribution in [3.63, 3.8) is 0 Å². The van der Waals surface area contributed by atoms with Gasteiger partial charge < -0.3 is 19.4 Å². The molecule has 0 aliphatic carbocycles. The Bertz CT molecular complexity index is 1630. The van der Waals surface area contributed by atoms with Crippen LogP contribution in [0.2, 0.25) is 10.0 Å². The van der Waals surface area contributed by atoms with Crippen molar-refractivity contribution in [2.75, 3.05) is 12.0 Å². The van der Waals surface area contributed by atoms with E-state index in [1.54, 1.807) is 25.1 Å². The molecule has 0 spiro atoms. The number of aliphatic hydroxyl groups is 1. The molecule has 9 nitrogen and oxygen atoms in total. The minimum Gasteiger partial charge on any atom is -0.504 e. The molecule has 1 aliphatic heterocycles. The van der Waals surface area contributed by atoms with Gasteiger partial charge in [0.2, 0.25) is 10.9 Å². The number of phenols is 1. The number of rotatable bonds is 8. The summed E-state index contributed by atoms with van der Waals surface area (Å²) in [6.07, 6.45) is 0. The lowest BCUT2D eigenvalue weighted by atomic mass is 9.95. The Morgan fingerprint density at radius 1 is 1.15 bits per heavy atom. The first kappa shape index (κ1) is 27.1. The summed E-state index contributed by atoms with van der Waals surface area (Å²) in [5.41, 5.74) is 1.04. The Hall–Kier alpha value is -3.51. The first-order chi connectivity index (χ1) is 18.7. The zero-order chi connectivity index (χ0) is 27.8. The number of amides is 1. The van der Waals surface area contributed by atoms with Gasteiger partial charge in [-0.3, -0.25) is 14.5 Å². The summed E-state index contributed by atoms with van der Waals surface area (Å²) in [6.45, 7) is 1.68. The van der Waals surface area contributed by atoms with Gasteiger partial charge in [0.05, 0.1) is 18.7 Å². The van der Waals surface area contributed by atoms with Gasteiger partial charge in [0.1, 0.15) is 5.76 Å². The van der Waals surface area contributed by atoms with Gasteiger partial charge in [-0.25, -0.2) is 0 Å². The SMILES string of the molecule is COc1cc(C2C(C(=O)c3ccc(C)o3)=C(O)C(=O)N2c2nnc(SCc3ccc(Cl)cc3Cl)s2)ccc1O. The highest BCUT2D eigenvalue weighted by atomic mass is 35.5. The van der Waals surface area contributed by atoms with Gasteiger partial charge in [-0.2, -0.15) is 0 Å². The van der Waals surface area contributed by atoms with Crippen LogP contribution in [-0.2, 0) is 10.5 Å². The van der Waals surface area contributed by atoms with Crippen LogP contribution in [0.15, 0.2) is 68.6 Å². The smallest absolute Gasteiger partial charge is 0.296 e. The number of ether oxygens (including phenoxy) is 1. The number of anilines is 1. The standard InChI is InChI=1S/C26H19Cl2N3O6S2/c1-12-3-8-18(37-12)22(33)20-21(13-5-7-17(32)19(9-13)36-2)31(24(35)23(20)34)25-29-30-26(39-25)38-11-14-4-6-15(27)10-16(14)28/h3-10,21,32,34H,11H2,1-2H3. The van der Waals surface area contributed by atoms with Crippen molar-refractivity contribution in [2.45, 2.75) is 23.1 Å². The lowest BCUT2D eigenvalue weighted by Gasteiger charge is -2.24. The van der Waals surface area contributed by atoms with Crippen molar-refractivity contribution in [3.05, 3.63) is 92.6 Å². The van der Waals surface area contributed by atoms with E-state index in [4.69, 9.17) is 32.4 Å². The number of aliphatic hydroxyl groups excluding tert-OH is 1. The Balaban J connectivity index is 1.52. The van der Waals surface area contributed by atoms with Crippen LogP contribution in [-0.4, -0.2) is 39.2 Å². The van der Waals surface area contributed by atoms with Crippen molar-refractivity contribution < 1.29 is 29.0 Å². The molecule has 200 valence electrons. The van der Waals surface area contributed by atoms with E-state index in [1.165, 1.54) is 48.0 Å². The lowest BCUT2D eigenvalue weighted by Crippen LogP contribution is -2.31. The van der Waals surface area contributed by atoms with Crippen LogP contribution in [0.25, 0.3) is 0 Å². The molecule has 0 bridgehead atoms. The molecule has 1 unspecified atom stereocenters. The van der Waals surface area contributed by atoms with Gasteiger partial charge in [0.25, 0.3) is 5.91 Å². The van der Waals surface area contributed by atoms with E-state index in [-0.39, 0.29) is 28.0 Å². The Morgan fingerprint density at radius 3 is 2.64 bits per heavy atom. The van der Waals surface area contributed by atoms with Crippen molar-refractivity contribution in [1.82, 2.24) is 10.2 Å². The predicted octanol–water partition coefficient (Wildman–Crippen LogP) is 6.54. The minimum absolute atomic E-state index is 0.0344. The second-order valence-corrected chi connectivity index (χ2v) is 11.4. The van der Waals surface area contributed by atoms with E-state index in [9.17, 15) is 19.8 Å². The Labute approximate surface area is 240 Å². The number of ketones is 1. The number of aromatic hydroxyl groups is 1. The molecule has 0 radical (unpaired) electrons. The number of nitrogens with zero attached hydrogens (tertiary/aromatic N) is 3. The molecule has 13 heteroatoms. The largest absolute Gasteiger partial charge is 0.504 e. The lowest BCUT2D eigenvalue weighted by molar-refractivity contribution is -0.117. The van der Waals surface area contributed by atoms with Crippen molar-refractivity contribution in [2.24, 2.45) is 0 Å². The van der Waals surface area contributed by atoms with Crippen molar-refractivity contribution >= 4 is 63.1 Å². The fourth-order valence-corrected chi connectivity index (χ4v) is 6.47. The maximum Gasteiger partial charge on any atom is 0.296 e. The van der Waals surface area contributed by atoms with Crippen LogP contribution in [0, 0.1) is 6.92 Å². The molecule has 1 aliphatic rings. The quantitative estimate of drug-likeness (QED) is 0.131. The third-order valence-corrected chi connectivity index (χ3v) is 8.60. The predicted molar refractivity (Wildman–Crippen MR) is 148 cm³/mol. The summed E-state index contributed by atoms with van der Waals surface area (Å²) in [7, 11) is 1.38. The van der Waals surface area contributed by atoms with E-state index in [0.717, 1.165) is 16.9 Å². The van der Waals surface area contributed by atoms with Gasteiger partial charge in [0, 0.05) is 15.8 Å². The number of methoxy groups -OCH3 is 1. The maximum atomic E-state index is 13.5. The number of carbonyl (C=O) groups is 2. The molecule has 1 amide bonds. The fraction of sp³-hybridized carbons (Fsp3) is 0.154. The highest BCUT2D eigenvalue weighted by molar-refractivity contribution is 8.00. The highest BCUT2D eigenvalue weighted by Crippen LogP contribution is 2.45. The zero-order valence-electron chi connectivity index (χ0n) is 20.3. The average molecular weight is 604 g/mol. The van der Waals surface area contributed by atoms with Gasteiger partial charge in [-0.05, 0) is 54.4 Å². The van der Waals surface area contributed by atoms with E-state index in [1.807, 2.05) is 6.07 Å². The van der Waals surface area contributed by atoms with Crippen LogP contribution in [0.3, 0.4) is 0 Å². The van der Waals surface area contributed by atoms with Crippen molar-refractivity contribution in [3.8, 4) is 11.5 Å². The number of benzene rings is 2. The van der Waals surface area contributed by atoms with E-state index >= 15 is 0 Å². The molecule has 3 heterocycles. The number of thioether (sulfide) groups is 1. The molecule has 2 aromatic heterocycles. The number of Topliss-reactive ketones (excluding diaryl/α,β-unsaturated/α-hetero) is 1. The number of phenolic OH excluding ortho intramolecular Hbond substituents is 1. The number of hydrogen-bond donors (Lipinski definition) is 2. The van der Waals surface area contributed by atoms with Crippen LogP contribution < -0.4 is 9.64 Å². The monoisotopic (exact) mass is 603 g/mol. The van der Waals surface area contributed by atoms with Crippen LogP contribution in [0.1, 0.15) is 33.5 Å². The normalized spacial score (nSPS) is 15.3. The minimum atomic E-state index is -1.10. The number of hydrogen-bond acceptors (Lipinski definition) is 10. The second kappa shape index (κ2) is 10.9. The summed E-state index contributed by atoms with van der Waals surface area (Å²) in [4.78, 5) is 28.1. The number of furan rings is 1. The molecule has 0 saturated carbocycles. The molecule has 0 saturated heterocycles. The van der Waals surface area contributed by atoms with E-state index in [2.05, 4.69) is 10.2 Å². The first-order valence-electron chi connectivity index (χ1n) is 11.3. The summed E-state index contributed by atoms with van der Waals surface area (Å²) in [5, 5.41) is 30.6. The summed E-state index contributed by atoms with van der Waals surface area (Å²) in [6, 6.07) is 11.6. The number of carbonyl (C=O) groups excluding carboxylic acids is 2. The molecule has 2 N–H and O–H groups in total. The van der Waals surface area contributed by atoms with E-state index in [0.29, 0.717) is 31.5 Å². The van der Waals surface area contributed by atoms with Crippen LogP contribution in [0.5, 0.6) is 11.5 Å². The molecule has 5 rings (SSSR count). The van der Waals surface area contributed by atoms with Crippen molar-refractivity contribution in [1.29, 1.82) is 0 Å². The van der Waals surface area contributed by atoms with Gasteiger partial charge in [-0.15, -0.1) is 10.2 Å². The fourth-order valence-electron chi connectivity index (χ4n) is 4.04. The molecular formula is C26H19Cl2N3O6S2. The molecule has 2 aromatic carbocycles. The maximum absolute atomic E-state index is 13.5. The van der Waals surface area contributed by atoms with Gasteiger partial charge in [-0.1, -0.05) is 58.4 Å². The van der Waals surface area contributed by atoms with E-state index < -0.39 is 23.5 Å². The Kier molecular flexibility index (Phi) is 7.59. The number of halogens is 2.